The highest BCUT2D eigenvalue weighted by Gasteiger charge is 2.23. The number of hydrogen-bond donors (Lipinski definition) is 1. The summed E-state index contributed by atoms with van der Waals surface area (Å²) in [6.07, 6.45) is 0.0952. The van der Waals surface area contributed by atoms with Crippen LogP contribution in [0.1, 0.15) is 39.4 Å². The number of nitrogens with one attached hydrogen (secondary N) is 1. The summed E-state index contributed by atoms with van der Waals surface area (Å²) in [5.74, 6) is 0. The molecule has 1 unspecified atom stereocenters. The zero-order valence-electron chi connectivity index (χ0n) is 13.8. The zero-order chi connectivity index (χ0) is 15.2. The van der Waals surface area contributed by atoms with Gasteiger partial charge in [0.15, 0.2) is 0 Å². The van der Waals surface area contributed by atoms with E-state index in [1.165, 1.54) is 5.56 Å². The smallest absolute Gasteiger partial charge is 0.0950 e. The number of rotatable bonds is 8. The van der Waals surface area contributed by atoms with E-state index in [9.17, 15) is 0 Å². The van der Waals surface area contributed by atoms with Crippen LogP contribution in [0.25, 0.3) is 0 Å². The van der Waals surface area contributed by atoms with Crippen molar-refractivity contribution < 1.29 is 4.74 Å². The number of nitrogens with zero attached hydrogens (tertiary/aromatic N) is 1. The Balaban J connectivity index is 2.69. The van der Waals surface area contributed by atoms with Gasteiger partial charge in [-0.05, 0) is 33.5 Å². The van der Waals surface area contributed by atoms with Gasteiger partial charge in [-0.2, -0.15) is 0 Å². The van der Waals surface area contributed by atoms with Crippen LogP contribution in [0, 0.1) is 0 Å². The molecule has 0 aromatic heterocycles. The normalized spacial score (nSPS) is 14.0. The van der Waals surface area contributed by atoms with Gasteiger partial charge in [0.1, 0.15) is 0 Å². The topological polar surface area (TPSA) is 24.5 Å². The van der Waals surface area contributed by atoms with Crippen molar-refractivity contribution in [1.29, 1.82) is 0 Å². The molecule has 0 aliphatic heterocycles. The molecule has 3 nitrogen and oxygen atoms in total. The number of ether oxygens (including phenoxy) is 1. The highest BCUT2D eigenvalue weighted by molar-refractivity contribution is 5.18. The second-order valence-corrected chi connectivity index (χ2v) is 6.48. The van der Waals surface area contributed by atoms with Crippen molar-refractivity contribution in [2.75, 3.05) is 27.2 Å². The monoisotopic (exact) mass is 278 g/mol. The second kappa shape index (κ2) is 7.77. The fourth-order valence-electron chi connectivity index (χ4n) is 1.72. The molecule has 1 aromatic carbocycles. The van der Waals surface area contributed by atoms with Gasteiger partial charge < -0.3 is 15.0 Å². The molecule has 20 heavy (non-hydrogen) atoms. The lowest BCUT2D eigenvalue weighted by Gasteiger charge is -2.34. The number of benzene rings is 1. The zero-order valence-corrected chi connectivity index (χ0v) is 13.8. The van der Waals surface area contributed by atoms with Gasteiger partial charge in [-0.15, -0.1) is 0 Å². The summed E-state index contributed by atoms with van der Waals surface area (Å²) in [5.41, 5.74) is 1.26. The SMILES string of the molecule is CC(C)NCC(OCC(C)(C)N(C)C)c1ccccc1. The van der Waals surface area contributed by atoms with Crippen molar-refractivity contribution in [2.24, 2.45) is 0 Å². The molecule has 0 aliphatic rings. The Hall–Kier alpha value is -0.900. The van der Waals surface area contributed by atoms with Crippen LogP contribution in [-0.4, -0.2) is 43.7 Å². The first-order valence-electron chi connectivity index (χ1n) is 7.40. The van der Waals surface area contributed by atoms with Crippen LogP contribution >= 0.6 is 0 Å². The molecular formula is C17H30N2O. The first-order valence-corrected chi connectivity index (χ1v) is 7.40. The minimum Gasteiger partial charge on any atom is -0.370 e. The van der Waals surface area contributed by atoms with Gasteiger partial charge in [0.25, 0.3) is 0 Å². The Morgan fingerprint density at radius 3 is 2.25 bits per heavy atom. The van der Waals surface area contributed by atoms with Gasteiger partial charge >= 0.3 is 0 Å². The van der Waals surface area contributed by atoms with Crippen molar-refractivity contribution >= 4 is 0 Å². The second-order valence-electron chi connectivity index (χ2n) is 6.48. The summed E-state index contributed by atoms with van der Waals surface area (Å²) in [5, 5.41) is 3.47. The fraction of sp³-hybridized carbons (Fsp3) is 0.647. The Morgan fingerprint density at radius 1 is 1.15 bits per heavy atom. The molecule has 0 amide bonds. The number of hydrogen-bond acceptors (Lipinski definition) is 3. The molecule has 1 atom stereocenters. The van der Waals surface area contributed by atoms with Gasteiger partial charge in [0.2, 0.25) is 0 Å². The minimum absolute atomic E-state index is 0.0326. The molecular weight excluding hydrogens is 248 g/mol. The first-order chi connectivity index (χ1) is 9.33. The third-order valence-corrected chi connectivity index (χ3v) is 3.73. The predicted molar refractivity (Wildman–Crippen MR) is 86.0 cm³/mol. The van der Waals surface area contributed by atoms with Crippen molar-refractivity contribution in [1.82, 2.24) is 10.2 Å². The molecule has 0 heterocycles. The van der Waals surface area contributed by atoms with E-state index in [1.54, 1.807) is 0 Å². The van der Waals surface area contributed by atoms with E-state index in [0.717, 1.165) is 6.54 Å². The molecule has 114 valence electrons. The van der Waals surface area contributed by atoms with E-state index < -0.39 is 0 Å². The quantitative estimate of drug-likeness (QED) is 0.791. The van der Waals surface area contributed by atoms with Crippen LogP contribution < -0.4 is 5.32 Å². The average molecular weight is 278 g/mol. The van der Waals surface area contributed by atoms with Crippen molar-refractivity contribution in [3.8, 4) is 0 Å². The van der Waals surface area contributed by atoms with Crippen molar-refractivity contribution in [3.63, 3.8) is 0 Å². The van der Waals surface area contributed by atoms with Gasteiger partial charge in [-0.3, -0.25) is 0 Å². The average Bonchev–Trinajstić information content (AvgIpc) is 2.39. The molecule has 0 spiro atoms. The molecule has 1 N–H and O–H groups in total. The lowest BCUT2D eigenvalue weighted by molar-refractivity contribution is -0.0129. The summed E-state index contributed by atoms with van der Waals surface area (Å²) < 4.78 is 6.20. The van der Waals surface area contributed by atoms with E-state index in [1.807, 2.05) is 6.07 Å². The molecule has 1 rings (SSSR count). The van der Waals surface area contributed by atoms with Crippen LogP contribution in [0.15, 0.2) is 30.3 Å². The third-order valence-electron chi connectivity index (χ3n) is 3.73. The van der Waals surface area contributed by atoms with Crippen LogP contribution in [0.5, 0.6) is 0 Å². The maximum atomic E-state index is 6.20. The lowest BCUT2D eigenvalue weighted by atomic mass is 10.1. The largest absolute Gasteiger partial charge is 0.370 e. The Kier molecular flexibility index (Phi) is 6.66. The molecule has 0 bridgehead atoms. The Morgan fingerprint density at radius 2 is 1.75 bits per heavy atom. The molecule has 0 radical (unpaired) electrons. The van der Waals surface area contributed by atoms with E-state index in [2.05, 4.69) is 76.3 Å². The molecule has 3 heteroatoms. The molecule has 0 saturated heterocycles. The maximum Gasteiger partial charge on any atom is 0.0950 e. The highest BCUT2D eigenvalue weighted by Crippen LogP contribution is 2.20. The summed E-state index contributed by atoms with van der Waals surface area (Å²) in [7, 11) is 4.18. The lowest BCUT2D eigenvalue weighted by Crippen LogP contribution is -2.43. The van der Waals surface area contributed by atoms with Gasteiger partial charge in [-0.1, -0.05) is 44.2 Å². The van der Waals surface area contributed by atoms with Gasteiger partial charge in [0.05, 0.1) is 12.7 Å². The van der Waals surface area contributed by atoms with Gasteiger partial charge in [0, 0.05) is 18.1 Å². The highest BCUT2D eigenvalue weighted by atomic mass is 16.5. The van der Waals surface area contributed by atoms with E-state index >= 15 is 0 Å². The predicted octanol–water partition coefficient (Wildman–Crippen LogP) is 3.08. The summed E-state index contributed by atoms with van der Waals surface area (Å²) in [6, 6.07) is 10.9. The van der Waals surface area contributed by atoms with Gasteiger partial charge in [-0.25, -0.2) is 0 Å². The number of likely N-dealkylation sites (N-methyl/N-ethyl adjacent to an activating group) is 1. The molecule has 0 saturated carbocycles. The third kappa shape index (κ3) is 5.61. The standard InChI is InChI=1S/C17H30N2O/c1-14(2)18-12-16(15-10-8-7-9-11-15)20-13-17(3,4)19(5)6/h7-11,14,16,18H,12-13H2,1-6H3. The Labute approximate surface area is 124 Å². The maximum absolute atomic E-state index is 6.20. The molecule has 0 aliphatic carbocycles. The minimum atomic E-state index is 0.0326. The van der Waals surface area contributed by atoms with Crippen LogP contribution in [0.2, 0.25) is 0 Å². The van der Waals surface area contributed by atoms with E-state index in [0.29, 0.717) is 12.6 Å². The van der Waals surface area contributed by atoms with E-state index in [4.69, 9.17) is 4.74 Å². The molecule has 1 aromatic rings. The van der Waals surface area contributed by atoms with Crippen molar-refractivity contribution in [2.45, 2.75) is 45.4 Å². The van der Waals surface area contributed by atoms with E-state index in [-0.39, 0.29) is 11.6 Å². The fourth-order valence-corrected chi connectivity index (χ4v) is 1.72. The first kappa shape index (κ1) is 17.2. The van der Waals surface area contributed by atoms with Crippen LogP contribution in [0.4, 0.5) is 0 Å². The summed E-state index contributed by atoms with van der Waals surface area (Å²) >= 11 is 0. The molecule has 0 fully saturated rings. The summed E-state index contributed by atoms with van der Waals surface area (Å²) in [4.78, 5) is 2.20. The van der Waals surface area contributed by atoms with Crippen molar-refractivity contribution in [3.05, 3.63) is 35.9 Å². The van der Waals surface area contributed by atoms with Crippen LogP contribution in [-0.2, 0) is 4.74 Å². The Bertz CT molecular complexity index is 374. The van der Waals surface area contributed by atoms with Crippen LogP contribution in [0.3, 0.4) is 0 Å². The summed E-state index contributed by atoms with van der Waals surface area (Å²) in [6.45, 7) is 10.3.